The summed E-state index contributed by atoms with van der Waals surface area (Å²) in [4.78, 5) is 24.5. The zero-order chi connectivity index (χ0) is 19.2. The average molecular weight is 441 g/mol. The summed E-state index contributed by atoms with van der Waals surface area (Å²) in [5.74, 6) is -0.319. The van der Waals surface area contributed by atoms with Crippen molar-refractivity contribution in [2.75, 3.05) is 5.32 Å². The zero-order valence-corrected chi connectivity index (χ0v) is 16.5. The second-order valence-corrected chi connectivity index (χ2v) is 7.14. The summed E-state index contributed by atoms with van der Waals surface area (Å²) in [7, 11) is 0. The molecule has 0 fully saturated rings. The highest BCUT2D eigenvalue weighted by atomic mass is 79.9. The minimum Gasteiger partial charge on any atom is -0.322 e. The molecule has 0 unspecified atom stereocenters. The molecule has 0 saturated heterocycles. The van der Waals surface area contributed by atoms with Gasteiger partial charge >= 0.3 is 0 Å². The van der Waals surface area contributed by atoms with Crippen molar-refractivity contribution in [3.63, 3.8) is 0 Å². The van der Waals surface area contributed by atoms with Gasteiger partial charge in [0.05, 0.1) is 0 Å². The average Bonchev–Trinajstić information content (AvgIpc) is 2.68. The van der Waals surface area contributed by atoms with Crippen LogP contribution in [0.2, 0.25) is 5.02 Å². The Morgan fingerprint density at radius 1 is 0.815 bits per heavy atom. The molecule has 0 aliphatic carbocycles. The fourth-order valence-electron chi connectivity index (χ4n) is 2.36. The molecule has 0 spiro atoms. The van der Waals surface area contributed by atoms with Crippen molar-refractivity contribution in [1.29, 1.82) is 0 Å². The molecule has 1 N–H and O–H groups in total. The van der Waals surface area contributed by atoms with Gasteiger partial charge in [-0.25, -0.2) is 0 Å². The summed E-state index contributed by atoms with van der Waals surface area (Å²) >= 11 is 9.18. The van der Waals surface area contributed by atoms with Crippen LogP contribution in [0.4, 0.5) is 5.69 Å². The Balaban J connectivity index is 1.64. The van der Waals surface area contributed by atoms with Crippen LogP contribution in [0.5, 0.6) is 0 Å². The lowest BCUT2D eigenvalue weighted by Crippen LogP contribution is -2.11. The molecule has 3 nitrogen and oxygen atoms in total. The summed E-state index contributed by atoms with van der Waals surface area (Å²) in [5, 5.41) is 3.46. The second kappa shape index (κ2) is 8.80. The van der Waals surface area contributed by atoms with Crippen LogP contribution in [0.1, 0.15) is 26.3 Å². The third kappa shape index (κ3) is 5.39. The molecule has 27 heavy (non-hydrogen) atoms. The number of anilines is 1. The van der Waals surface area contributed by atoms with E-state index in [9.17, 15) is 9.59 Å². The van der Waals surface area contributed by atoms with Gasteiger partial charge in [-0.05, 0) is 72.3 Å². The van der Waals surface area contributed by atoms with Crippen LogP contribution in [-0.4, -0.2) is 11.7 Å². The molecule has 0 aliphatic rings. The Kier molecular flexibility index (Phi) is 6.22. The number of hydrogen-bond donors (Lipinski definition) is 1. The van der Waals surface area contributed by atoms with E-state index < -0.39 is 0 Å². The number of allylic oxidation sites excluding steroid dienone is 1. The van der Waals surface area contributed by atoms with E-state index in [1.165, 1.54) is 6.08 Å². The van der Waals surface area contributed by atoms with Crippen molar-refractivity contribution in [3.05, 3.63) is 105 Å². The van der Waals surface area contributed by atoms with Crippen molar-refractivity contribution < 1.29 is 9.59 Å². The van der Waals surface area contributed by atoms with Gasteiger partial charge in [0.15, 0.2) is 5.78 Å². The fraction of sp³-hybridized carbons (Fsp3) is 0. The van der Waals surface area contributed by atoms with Gasteiger partial charge in [-0.15, -0.1) is 0 Å². The van der Waals surface area contributed by atoms with Crippen molar-refractivity contribution in [3.8, 4) is 0 Å². The standard InChI is InChI=1S/C22H15BrClNO2/c23-18-8-4-17(5-9-18)22(27)25-20-12-6-16(7-13-20)21(26)14-3-15-1-10-19(24)11-2-15/h1-14H,(H,25,27)/b14-3-. The van der Waals surface area contributed by atoms with Crippen LogP contribution in [0.15, 0.2) is 83.3 Å². The quantitative estimate of drug-likeness (QED) is 0.376. The lowest BCUT2D eigenvalue weighted by molar-refractivity contribution is 0.102. The van der Waals surface area contributed by atoms with Gasteiger partial charge < -0.3 is 5.32 Å². The highest BCUT2D eigenvalue weighted by molar-refractivity contribution is 9.10. The number of nitrogens with one attached hydrogen (secondary N) is 1. The largest absolute Gasteiger partial charge is 0.322 e. The Bertz CT molecular complexity index is 978. The van der Waals surface area contributed by atoms with E-state index >= 15 is 0 Å². The fourth-order valence-corrected chi connectivity index (χ4v) is 2.75. The van der Waals surface area contributed by atoms with Crippen LogP contribution in [0.3, 0.4) is 0 Å². The monoisotopic (exact) mass is 439 g/mol. The van der Waals surface area contributed by atoms with E-state index in [1.807, 2.05) is 24.3 Å². The predicted molar refractivity (Wildman–Crippen MR) is 113 cm³/mol. The first-order chi connectivity index (χ1) is 13.0. The highest BCUT2D eigenvalue weighted by Crippen LogP contribution is 2.15. The minimum absolute atomic E-state index is 0.115. The number of benzene rings is 3. The smallest absolute Gasteiger partial charge is 0.255 e. The van der Waals surface area contributed by atoms with Gasteiger partial charge in [-0.2, -0.15) is 0 Å². The Hall–Kier alpha value is -2.69. The predicted octanol–water partition coefficient (Wildman–Crippen LogP) is 6.25. The van der Waals surface area contributed by atoms with Crippen LogP contribution in [-0.2, 0) is 0 Å². The van der Waals surface area contributed by atoms with Crippen LogP contribution in [0.25, 0.3) is 6.08 Å². The summed E-state index contributed by atoms with van der Waals surface area (Å²) in [6.45, 7) is 0. The number of rotatable bonds is 5. The normalized spacial score (nSPS) is 10.7. The van der Waals surface area contributed by atoms with E-state index in [0.717, 1.165) is 10.0 Å². The molecule has 134 valence electrons. The highest BCUT2D eigenvalue weighted by Gasteiger charge is 2.07. The SMILES string of the molecule is O=C(/C=C\c1ccc(Cl)cc1)c1ccc(NC(=O)c2ccc(Br)cc2)cc1. The van der Waals surface area contributed by atoms with Gasteiger partial charge in [0.2, 0.25) is 0 Å². The third-order valence-corrected chi connectivity index (χ3v) is 4.61. The molecule has 0 saturated carbocycles. The van der Waals surface area contributed by atoms with E-state index in [4.69, 9.17) is 11.6 Å². The van der Waals surface area contributed by atoms with Crippen molar-refractivity contribution in [1.82, 2.24) is 0 Å². The molecule has 3 aromatic carbocycles. The number of carbonyl (C=O) groups is 2. The van der Waals surface area contributed by atoms with Crippen molar-refractivity contribution in [2.24, 2.45) is 0 Å². The molecule has 3 aromatic rings. The Morgan fingerprint density at radius 3 is 2.04 bits per heavy atom. The first-order valence-electron chi connectivity index (χ1n) is 8.16. The maximum Gasteiger partial charge on any atom is 0.255 e. The summed E-state index contributed by atoms with van der Waals surface area (Å²) in [5.41, 5.74) is 2.62. The van der Waals surface area contributed by atoms with E-state index in [1.54, 1.807) is 54.6 Å². The molecule has 1 amide bonds. The number of carbonyl (C=O) groups excluding carboxylic acids is 2. The topological polar surface area (TPSA) is 46.2 Å². The van der Waals surface area contributed by atoms with Crippen LogP contribution in [0, 0.1) is 0 Å². The van der Waals surface area contributed by atoms with E-state index in [0.29, 0.717) is 21.8 Å². The summed E-state index contributed by atoms with van der Waals surface area (Å²) in [6, 6.07) is 21.1. The molecule has 0 atom stereocenters. The summed E-state index contributed by atoms with van der Waals surface area (Å²) in [6.07, 6.45) is 3.25. The molecular formula is C22H15BrClNO2. The van der Waals surface area contributed by atoms with Crippen molar-refractivity contribution >= 4 is 51.0 Å². The molecule has 3 rings (SSSR count). The number of hydrogen-bond acceptors (Lipinski definition) is 2. The lowest BCUT2D eigenvalue weighted by Gasteiger charge is -2.06. The maximum atomic E-state index is 12.3. The Labute approximate surface area is 170 Å². The van der Waals surface area contributed by atoms with Gasteiger partial charge in [0.1, 0.15) is 0 Å². The van der Waals surface area contributed by atoms with Gasteiger partial charge in [-0.3, -0.25) is 9.59 Å². The lowest BCUT2D eigenvalue weighted by atomic mass is 10.1. The number of ketones is 1. The maximum absolute atomic E-state index is 12.3. The second-order valence-electron chi connectivity index (χ2n) is 5.79. The van der Waals surface area contributed by atoms with Crippen LogP contribution >= 0.6 is 27.5 Å². The molecule has 0 aliphatic heterocycles. The molecular weight excluding hydrogens is 426 g/mol. The first kappa shape index (κ1) is 19.1. The molecule has 0 radical (unpaired) electrons. The first-order valence-corrected chi connectivity index (χ1v) is 9.33. The van der Waals surface area contributed by atoms with E-state index in [2.05, 4.69) is 21.2 Å². The minimum atomic E-state index is -0.204. The summed E-state index contributed by atoms with van der Waals surface area (Å²) < 4.78 is 0.911. The molecule has 0 heterocycles. The number of halogens is 2. The zero-order valence-electron chi connectivity index (χ0n) is 14.2. The van der Waals surface area contributed by atoms with Gasteiger partial charge in [0.25, 0.3) is 5.91 Å². The van der Waals surface area contributed by atoms with Gasteiger partial charge in [0, 0.05) is 26.3 Å². The molecule has 0 aromatic heterocycles. The van der Waals surface area contributed by atoms with Crippen molar-refractivity contribution in [2.45, 2.75) is 0 Å². The van der Waals surface area contributed by atoms with Gasteiger partial charge in [-0.1, -0.05) is 45.7 Å². The van der Waals surface area contributed by atoms with E-state index in [-0.39, 0.29) is 11.7 Å². The number of amides is 1. The molecule has 5 heteroatoms. The Morgan fingerprint density at radius 2 is 1.41 bits per heavy atom. The third-order valence-electron chi connectivity index (χ3n) is 3.83. The van der Waals surface area contributed by atoms with Crippen LogP contribution < -0.4 is 5.32 Å². The molecule has 0 bridgehead atoms.